The molecule has 0 radical (unpaired) electrons. The van der Waals surface area contributed by atoms with Crippen molar-refractivity contribution in [2.45, 2.75) is 26.7 Å². The molecule has 0 fully saturated rings. The van der Waals surface area contributed by atoms with Crippen molar-refractivity contribution in [3.05, 3.63) is 24.2 Å². The molecule has 0 atom stereocenters. The molecule has 1 heterocycles. The van der Waals surface area contributed by atoms with Crippen LogP contribution < -0.4 is 5.32 Å². The highest BCUT2D eigenvalue weighted by molar-refractivity contribution is 5.91. The first-order valence-electron chi connectivity index (χ1n) is 6.28. The molecular formula is C13H20N2O3. The summed E-state index contributed by atoms with van der Waals surface area (Å²) >= 11 is 0. The molecule has 0 unspecified atom stereocenters. The Morgan fingerprint density at radius 1 is 1.33 bits per heavy atom. The van der Waals surface area contributed by atoms with E-state index in [-0.39, 0.29) is 11.8 Å². The van der Waals surface area contributed by atoms with Crippen molar-refractivity contribution in [1.29, 1.82) is 0 Å². The Kier molecular flexibility index (Phi) is 5.97. The molecule has 0 spiro atoms. The molecular weight excluding hydrogens is 232 g/mol. The van der Waals surface area contributed by atoms with Crippen LogP contribution in [0.25, 0.3) is 0 Å². The van der Waals surface area contributed by atoms with E-state index in [1.165, 1.54) is 6.26 Å². The lowest BCUT2D eigenvalue weighted by Crippen LogP contribution is -2.31. The highest BCUT2D eigenvalue weighted by atomic mass is 16.3. The summed E-state index contributed by atoms with van der Waals surface area (Å²) in [5.41, 5.74) is 0. The van der Waals surface area contributed by atoms with Crippen LogP contribution in [0.15, 0.2) is 22.8 Å². The smallest absolute Gasteiger partial charge is 0.286 e. The van der Waals surface area contributed by atoms with Crippen LogP contribution in [0.4, 0.5) is 0 Å². The number of nitrogens with one attached hydrogen (secondary N) is 1. The van der Waals surface area contributed by atoms with Gasteiger partial charge in [0, 0.05) is 26.1 Å². The van der Waals surface area contributed by atoms with Gasteiger partial charge in [-0.15, -0.1) is 0 Å². The zero-order chi connectivity index (χ0) is 13.4. The largest absolute Gasteiger partial charge is 0.459 e. The number of carbonyl (C=O) groups excluding carboxylic acids is 2. The van der Waals surface area contributed by atoms with E-state index in [0.29, 0.717) is 25.1 Å². The van der Waals surface area contributed by atoms with Gasteiger partial charge in [-0.05, 0) is 32.4 Å². The van der Waals surface area contributed by atoms with Gasteiger partial charge in [0.25, 0.3) is 5.91 Å². The monoisotopic (exact) mass is 252 g/mol. The molecule has 100 valence electrons. The van der Waals surface area contributed by atoms with Crippen molar-refractivity contribution < 1.29 is 14.0 Å². The number of rotatable bonds is 7. The van der Waals surface area contributed by atoms with Crippen molar-refractivity contribution in [2.24, 2.45) is 0 Å². The molecule has 5 nitrogen and oxygen atoms in total. The van der Waals surface area contributed by atoms with Gasteiger partial charge >= 0.3 is 0 Å². The Labute approximate surface area is 107 Å². The Bertz CT molecular complexity index is 370. The summed E-state index contributed by atoms with van der Waals surface area (Å²) in [7, 11) is 0. The second-order valence-corrected chi connectivity index (χ2v) is 3.90. The minimum Gasteiger partial charge on any atom is -0.459 e. The Balaban J connectivity index is 2.19. The van der Waals surface area contributed by atoms with Gasteiger partial charge in [-0.25, -0.2) is 0 Å². The summed E-state index contributed by atoms with van der Waals surface area (Å²) in [5, 5.41) is 2.71. The van der Waals surface area contributed by atoms with E-state index in [1.807, 2.05) is 13.8 Å². The van der Waals surface area contributed by atoms with E-state index in [4.69, 9.17) is 4.42 Å². The van der Waals surface area contributed by atoms with E-state index in [9.17, 15) is 9.59 Å². The van der Waals surface area contributed by atoms with Crippen molar-refractivity contribution in [2.75, 3.05) is 19.6 Å². The van der Waals surface area contributed by atoms with E-state index < -0.39 is 0 Å². The highest BCUT2D eigenvalue weighted by Gasteiger charge is 2.10. The average Bonchev–Trinajstić information content (AvgIpc) is 2.89. The molecule has 0 aliphatic carbocycles. The number of furan rings is 1. The van der Waals surface area contributed by atoms with Crippen LogP contribution in [0, 0.1) is 0 Å². The van der Waals surface area contributed by atoms with Crippen molar-refractivity contribution >= 4 is 11.8 Å². The van der Waals surface area contributed by atoms with E-state index in [2.05, 4.69) is 5.32 Å². The van der Waals surface area contributed by atoms with Crippen molar-refractivity contribution in [1.82, 2.24) is 10.2 Å². The third-order valence-electron chi connectivity index (χ3n) is 2.71. The fourth-order valence-corrected chi connectivity index (χ4v) is 1.67. The molecule has 1 aromatic heterocycles. The van der Waals surface area contributed by atoms with Crippen LogP contribution in [0.5, 0.6) is 0 Å². The summed E-state index contributed by atoms with van der Waals surface area (Å²) in [4.78, 5) is 25.0. The molecule has 1 aromatic rings. The molecule has 1 N–H and O–H groups in total. The summed E-state index contributed by atoms with van der Waals surface area (Å²) in [5.74, 6) is 0.188. The van der Waals surface area contributed by atoms with Crippen LogP contribution in [0.3, 0.4) is 0 Å². The minimum absolute atomic E-state index is 0.132. The fraction of sp³-hybridized carbons (Fsp3) is 0.538. The number of amides is 2. The molecule has 0 saturated carbocycles. The zero-order valence-electron chi connectivity index (χ0n) is 10.9. The van der Waals surface area contributed by atoms with Crippen LogP contribution in [-0.2, 0) is 4.79 Å². The van der Waals surface area contributed by atoms with Crippen LogP contribution in [-0.4, -0.2) is 36.3 Å². The predicted molar refractivity (Wildman–Crippen MR) is 68.2 cm³/mol. The van der Waals surface area contributed by atoms with E-state index >= 15 is 0 Å². The lowest BCUT2D eigenvalue weighted by molar-refractivity contribution is -0.130. The van der Waals surface area contributed by atoms with Crippen LogP contribution in [0.2, 0.25) is 0 Å². The maximum atomic E-state index is 11.7. The Morgan fingerprint density at radius 2 is 2.06 bits per heavy atom. The summed E-state index contributed by atoms with van der Waals surface area (Å²) in [6.07, 6.45) is 2.56. The van der Waals surface area contributed by atoms with Gasteiger partial charge in [0.15, 0.2) is 5.76 Å². The Morgan fingerprint density at radius 3 is 2.61 bits per heavy atom. The molecule has 0 saturated heterocycles. The first kappa shape index (κ1) is 14.3. The van der Waals surface area contributed by atoms with E-state index in [0.717, 1.165) is 13.1 Å². The quantitative estimate of drug-likeness (QED) is 0.751. The maximum absolute atomic E-state index is 11.7. The highest BCUT2D eigenvalue weighted by Crippen LogP contribution is 2.00. The molecule has 5 heteroatoms. The van der Waals surface area contributed by atoms with Gasteiger partial charge in [0.1, 0.15) is 0 Å². The topological polar surface area (TPSA) is 62.6 Å². The molecule has 0 aliphatic heterocycles. The van der Waals surface area contributed by atoms with Crippen LogP contribution in [0.1, 0.15) is 37.2 Å². The SMILES string of the molecule is CCN(CC)C(=O)CCCNC(=O)c1ccco1. The fourth-order valence-electron chi connectivity index (χ4n) is 1.67. The molecule has 2 amide bonds. The van der Waals surface area contributed by atoms with Crippen molar-refractivity contribution in [3.8, 4) is 0 Å². The normalized spacial score (nSPS) is 10.1. The standard InChI is InChI=1S/C13H20N2O3/c1-3-15(4-2)12(16)8-5-9-14-13(17)11-7-6-10-18-11/h6-7,10H,3-5,8-9H2,1-2H3,(H,14,17). The summed E-state index contributed by atoms with van der Waals surface area (Å²) < 4.78 is 4.96. The second-order valence-electron chi connectivity index (χ2n) is 3.90. The average molecular weight is 252 g/mol. The number of nitrogens with zero attached hydrogens (tertiary/aromatic N) is 1. The molecule has 0 bridgehead atoms. The number of carbonyl (C=O) groups is 2. The maximum Gasteiger partial charge on any atom is 0.286 e. The molecule has 1 rings (SSSR count). The third kappa shape index (κ3) is 4.24. The molecule has 0 aliphatic rings. The van der Waals surface area contributed by atoms with Gasteiger partial charge in [0.05, 0.1) is 6.26 Å². The van der Waals surface area contributed by atoms with Gasteiger partial charge in [-0.3, -0.25) is 9.59 Å². The summed E-state index contributed by atoms with van der Waals surface area (Å²) in [6, 6.07) is 3.27. The zero-order valence-corrected chi connectivity index (χ0v) is 10.9. The van der Waals surface area contributed by atoms with Gasteiger partial charge in [0.2, 0.25) is 5.91 Å². The lowest BCUT2D eigenvalue weighted by atomic mass is 10.2. The van der Waals surface area contributed by atoms with E-state index in [1.54, 1.807) is 17.0 Å². The molecule has 0 aromatic carbocycles. The molecule has 18 heavy (non-hydrogen) atoms. The minimum atomic E-state index is -0.240. The number of hydrogen-bond acceptors (Lipinski definition) is 3. The lowest BCUT2D eigenvalue weighted by Gasteiger charge is -2.18. The summed E-state index contributed by atoms with van der Waals surface area (Å²) in [6.45, 7) is 5.86. The van der Waals surface area contributed by atoms with Gasteiger partial charge in [-0.1, -0.05) is 0 Å². The number of hydrogen-bond donors (Lipinski definition) is 1. The van der Waals surface area contributed by atoms with Crippen LogP contribution >= 0.6 is 0 Å². The predicted octanol–water partition coefficient (Wildman–Crippen LogP) is 1.66. The first-order chi connectivity index (χ1) is 8.69. The van der Waals surface area contributed by atoms with Gasteiger partial charge in [-0.2, -0.15) is 0 Å². The first-order valence-corrected chi connectivity index (χ1v) is 6.28. The second kappa shape index (κ2) is 7.53. The van der Waals surface area contributed by atoms with Crippen molar-refractivity contribution in [3.63, 3.8) is 0 Å². The van der Waals surface area contributed by atoms with Gasteiger partial charge < -0.3 is 14.6 Å². The Hall–Kier alpha value is -1.78. The third-order valence-corrected chi connectivity index (χ3v) is 2.71.